The van der Waals surface area contributed by atoms with Gasteiger partial charge in [0.05, 0.1) is 5.57 Å². The van der Waals surface area contributed by atoms with Crippen LogP contribution in [0, 0.1) is 34.0 Å². The molecular formula is C16H21N3O2. The number of nitrogens with zero attached hydrogens (tertiary/aromatic N) is 2. The fraction of sp³-hybridized carbons (Fsp3) is 0.625. The quantitative estimate of drug-likeness (QED) is 0.800. The van der Waals surface area contributed by atoms with Crippen LogP contribution < -0.4 is 5.73 Å². The van der Waals surface area contributed by atoms with Gasteiger partial charge in [-0.25, -0.2) is 0 Å². The SMILES string of the molecule is CO[C@@]12CC[C@@H](C(C)(C)C)CC1=C(C#N)C(C#N)=C(N)O2. The lowest BCUT2D eigenvalue weighted by molar-refractivity contribution is -0.193. The van der Waals surface area contributed by atoms with E-state index in [2.05, 4.69) is 26.8 Å². The van der Waals surface area contributed by atoms with Gasteiger partial charge in [0, 0.05) is 19.1 Å². The van der Waals surface area contributed by atoms with Crippen molar-refractivity contribution in [3.8, 4) is 12.1 Å². The zero-order valence-electron chi connectivity index (χ0n) is 13.0. The largest absolute Gasteiger partial charge is 0.442 e. The molecule has 0 radical (unpaired) electrons. The Morgan fingerprint density at radius 1 is 1.29 bits per heavy atom. The molecule has 5 heteroatoms. The Labute approximate surface area is 125 Å². The molecule has 1 aliphatic heterocycles. The Bertz CT molecular complexity index is 598. The van der Waals surface area contributed by atoms with Crippen molar-refractivity contribution < 1.29 is 9.47 Å². The first-order valence-corrected chi connectivity index (χ1v) is 7.07. The molecular weight excluding hydrogens is 266 g/mol. The molecule has 5 nitrogen and oxygen atoms in total. The van der Waals surface area contributed by atoms with E-state index >= 15 is 0 Å². The van der Waals surface area contributed by atoms with Gasteiger partial charge in [-0.2, -0.15) is 10.5 Å². The highest BCUT2D eigenvalue weighted by atomic mass is 16.7. The van der Waals surface area contributed by atoms with Gasteiger partial charge < -0.3 is 15.2 Å². The van der Waals surface area contributed by atoms with Crippen molar-refractivity contribution in [2.75, 3.05) is 7.11 Å². The van der Waals surface area contributed by atoms with E-state index in [9.17, 15) is 10.5 Å². The second kappa shape index (κ2) is 5.09. The van der Waals surface area contributed by atoms with Crippen molar-refractivity contribution in [2.45, 2.75) is 45.8 Å². The molecule has 0 saturated heterocycles. The number of rotatable bonds is 1. The molecule has 21 heavy (non-hydrogen) atoms. The Morgan fingerprint density at radius 3 is 2.38 bits per heavy atom. The highest BCUT2D eigenvalue weighted by Gasteiger charge is 2.49. The van der Waals surface area contributed by atoms with Gasteiger partial charge in [-0.1, -0.05) is 20.8 Å². The van der Waals surface area contributed by atoms with Gasteiger partial charge >= 0.3 is 0 Å². The molecule has 0 spiro atoms. The summed E-state index contributed by atoms with van der Waals surface area (Å²) in [6.45, 7) is 6.55. The van der Waals surface area contributed by atoms with Crippen LogP contribution in [-0.4, -0.2) is 12.9 Å². The summed E-state index contributed by atoms with van der Waals surface area (Å²) in [5.74, 6) is -0.604. The number of methoxy groups -OCH3 is 1. The summed E-state index contributed by atoms with van der Waals surface area (Å²) in [6, 6.07) is 4.10. The van der Waals surface area contributed by atoms with Crippen LogP contribution in [0.1, 0.15) is 40.0 Å². The molecule has 1 aliphatic carbocycles. The first-order chi connectivity index (χ1) is 9.79. The topological polar surface area (TPSA) is 92.1 Å². The molecule has 0 aromatic rings. The van der Waals surface area contributed by atoms with Crippen molar-refractivity contribution in [2.24, 2.45) is 17.1 Å². The van der Waals surface area contributed by atoms with Gasteiger partial charge in [-0.3, -0.25) is 0 Å². The van der Waals surface area contributed by atoms with Crippen molar-refractivity contribution in [1.82, 2.24) is 0 Å². The molecule has 2 aliphatic rings. The molecule has 2 rings (SSSR count). The van der Waals surface area contributed by atoms with E-state index in [4.69, 9.17) is 15.2 Å². The van der Waals surface area contributed by atoms with Crippen LogP contribution in [0.25, 0.3) is 0 Å². The molecule has 1 saturated carbocycles. The minimum Gasteiger partial charge on any atom is -0.442 e. The molecule has 1 heterocycles. The second-order valence-corrected chi connectivity index (χ2v) is 6.68. The van der Waals surface area contributed by atoms with E-state index < -0.39 is 5.79 Å². The molecule has 112 valence electrons. The minimum atomic E-state index is -0.989. The predicted octanol–water partition coefficient (Wildman–Crippen LogP) is 2.72. The van der Waals surface area contributed by atoms with E-state index in [1.54, 1.807) is 7.11 Å². The van der Waals surface area contributed by atoms with E-state index in [0.717, 1.165) is 12.0 Å². The first kappa shape index (κ1) is 15.4. The predicted molar refractivity (Wildman–Crippen MR) is 77.1 cm³/mol. The number of fused-ring (bicyclic) bond motifs is 1. The number of nitriles is 2. The third-order valence-electron chi connectivity index (χ3n) is 4.58. The van der Waals surface area contributed by atoms with Gasteiger partial charge in [0.2, 0.25) is 11.7 Å². The Morgan fingerprint density at radius 2 is 1.90 bits per heavy atom. The number of nitrogens with two attached hydrogens (primary N) is 1. The lowest BCUT2D eigenvalue weighted by atomic mass is 9.67. The van der Waals surface area contributed by atoms with Gasteiger partial charge in [-0.05, 0) is 24.2 Å². The fourth-order valence-electron chi connectivity index (χ4n) is 3.17. The maximum Gasteiger partial charge on any atom is 0.236 e. The van der Waals surface area contributed by atoms with Gasteiger partial charge in [0.15, 0.2) is 0 Å². The molecule has 0 amide bonds. The van der Waals surface area contributed by atoms with Crippen LogP contribution in [0.4, 0.5) is 0 Å². The van der Waals surface area contributed by atoms with E-state index in [1.165, 1.54) is 0 Å². The van der Waals surface area contributed by atoms with E-state index in [1.807, 2.05) is 6.07 Å². The average Bonchev–Trinajstić information content (AvgIpc) is 2.43. The Balaban J connectivity index is 2.57. The number of ether oxygens (including phenoxy) is 2. The lowest BCUT2D eigenvalue weighted by Crippen LogP contribution is -2.46. The first-order valence-electron chi connectivity index (χ1n) is 7.07. The van der Waals surface area contributed by atoms with Gasteiger partial charge in [0.25, 0.3) is 0 Å². The third-order valence-corrected chi connectivity index (χ3v) is 4.58. The van der Waals surface area contributed by atoms with Gasteiger partial charge in [-0.15, -0.1) is 0 Å². The lowest BCUT2D eigenvalue weighted by Gasteiger charge is -2.46. The highest BCUT2D eigenvalue weighted by Crippen LogP contribution is 2.50. The monoisotopic (exact) mass is 287 g/mol. The molecule has 0 unspecified atom stereocenters. The zero-order chi connectivity index (χ0) is 15.8. The Hall–Kier alpha value is -1.98. The maximum atomic E-state index is 9.49. The number of hydrogen-bond acceptors (Lipinski definition) is 5. The van der Waals surface area contributed by atoms with Gasteiger partial charge in [0.1, 0.15) is 17.7 Å². The van der Waals surface area contributed by atoms with Crippen LogP contribution in [0.5, 0.6) is 0 Å². The smallest absolute Gasteiger partial charge is 0.236 e. The summed E-state index contributed by atoms with van der Waals surface area (Å²) >= 11 is 0. The summed E-state index contributed by atoms with van der Waals surface area (Å²) in [5.41, 5.74) is 7.12. The van der Waals surface area contributed by atoms with Crippen LogP contribution in [0.2, 0.25) is 0 Å². The number of allylic oxidation sites excluding steroid dienone is 2. The molecule has 0 aromatic carbocycles. The molecule has 0 aromatic heterocycles. The fourth-order valence-corrected chi connectivity index (χ4v) is 3.17. The van der Waals surface area contributed by atoms with Crippen LogP contribution in [0.3, 0.4) is 0 Å². The molecule has 0 bridgehead atoms. The average molecular weight is 287 g/mol. The highest BCUT2D eigenvalue weighted by molar-refractivity contribution is 5.57. The summed E-state index contributed by atoms with van der Waals surface area (Å²) < 4.78 is 11.3. The Kier molecular flexibility index (Phi) is 3.74. The van der Waals surface area contributed by atoms with Crippen LogP contribution in [0.15, 0.2) is 22.6 Å². The summed E-state index contributed by atoms with van der Waals surface area (Å²) in [4.78, 5) is 0. The van der Waals surface area contributed by atoms with Crippen molar-refractivity contribution >= 4 is 0 Å². The van der Waals surface area contributed by atoms with E-state index in [-0.39, 0.29) is 16.9 Å². The molecule has 1 fully saturated rings. The van der Waals surface area contributed by atoms with Crippen molar-refractivity contribution in [3.05, 3.63) is 22.6 Å². The van der Waals surface area contributed by atoms with Crippen LogP contribution >= 0.6 is 0 Å². The minimum absolute atomic E-state index is 0.0196. The summed E-state index contributed by atoms with van der Waals surface area (Å²) in [6.07, 6.45) is 2.23. The van der Waals surface area contributed by atoms with Crippen LogP contribution in [-0.2, 0) is 9.47 Å². The molecule has 2 atom stereocenters. The van der Waals surface area contributed by atoms with Crippen molar-refractivity contribution in [3.63, 3.8) is 0 Å². The zero-order valence-corrected chi connectivity index (χ0v) is 13.0. The summed E-state index contributed by atoms with van der Waals surface area (Å²) in [5, 5.41) is 18.7. The number of hydrogen-bond donors (Lipinski definition) is 1. The third kappa shape index (κ3) is 2.39. The summed E-state index contributed by atoms with van der Waals surface area (Å²) in [7, 11) is 1.55. The standard InChI is InChI=1S/C16H21N3O2/c1-15(2,3)10-5-6-16(20-4)13(7-10)11(8-17)12(9-18)14(19)21-16/h10H,5-7,19H2,1-4H3/t10-,16-/m1/s1. The second-order valence-electron chi connectivity index (χ2n) is 6.68. The molecule has 2 N–H and O–H groups in total. The van der Waals surface area contributed by atoms with Crippen molar-refractivity contribution in [1.29, 1.82) is 10.5 Å². The maximum absolute atomic E-state index is 9.49. The van der Waals surface area contributed by atoms with E-state index in [0.29, 0.717) is 24.3 Å². The normalized spacial score (nSPS) is 29.3.